The van der Waals surface area contributed by atoms with Crippen LogP contribution in [0.4, 0.5) is 0 Å². The van der Waals surface area contributed by atoms with Crippen molar-refractivity contribution in [1.29, 1.82) is 0 Å². The van der Waals surface area contributed by atoms with E-state index in [-0.39, 0.29) is 10.6 Å². The summed E-state index contributed by atoms with van der Waals surface area (Å²) in [5.74, 6) is -0.175. The number of nitrogens with one attached hydrogen (secondary N) is 1. The second-order valence-electron chi connectivity index (χ2n) is 8.44. The molecule has 1 fully saturated rings. The number of likely N-dealkylation sites (tertiary alicyclic amines) is 1. The largest absolute Gasteiger partial charge is 0.313 e. The fraction of sp³-hybridized carbons (Fsp3) is 0.478. The van der Waals surface area contributed by atoms with Crippen molar-refractivity contribution in [3.63, 3.8) is 0 Å². The van der Waals surface area contributed by atoms with Crippen LogP contribution in [0.3, 0.4) is 0 Å². The molecule has 8 heteroatoms. The fourth-order valence-corrected chi connectivity index (χ4v) is 9.14. The van der Waals surface area contributed by atoms with Gasteiger partial charge in [-0.2, -0.15) is 10.6 Å². The molecule has 1 atom stereocenters. The molecule has 3 N–H and O–H groups in total. The van der Waals surface area contributed by atoms with Gasteiger partial charge in [0.15, 0.2) is 9.84 Å². The number of fused-ring (bicyclic) bond motifs is 1. The van der Waals surface area contributed by atoms with Gasteiger partial charge in [0.1, 0.15) is 5.25 Å². The van der Waals surface area contributed by atoms with E-state index < -0.39 is 25.7 Å². The van der Waals surface area contributed by atoms with Crippen molar-refractivity contribution in [2.24, 2.45) is 0 Å². The van der Waals surface area contributed by atoms with E-state index in [0.29, 0.717) is 17.0 Å². The lowest BCUT2D eigenvalue weighted by Crippen LogP contribution is -2.32. The molecule has 2 aromatic carbocycles. The van der Waals surface area contributed by atoms with Crippen molar-refractivity contribution < 1.29 is 17.5 Å². The Kier molecular flexibility index (Phi) is 7.05. The van der Waals surface area contributed by atoms with E-state index in [1.54, 1.807) is 42.5 Å². The van der Waals surface area contributed by atoms with Crippen LogP contribution in [0, 0.1) is 0 Å². The Labute approximate surface area is 186 Å². The van der Waals surface area contributed by atoms with E-state index in [1.807, 2.05) is 6.07 Å². The zero-order chi connectivity index (χ0) is 21.9. The molecule has 4 rings (SSSR count). The van der Waals surface area contributed by atoms with E-state index in [1.165, 1.54) is 32.4 Å². The molecule has 0 spiro atoms. The van der Waals surface area contributed by atoms with Crippen LogP contribution in [0.1, 0.15) is 42.1 Å². The highest BCUT2D eigenvalue weighted by Crippen LogP contribution is 2.62. The number of benzene rings is 2. The van der Waals surface area contributed by atoms with E-state index in [4.69, 9.17) is 0 Å². The van der Waals surface area contributed by atoms with Crippen molar-refractivity contribution in [2.75, 3.05) is 31.9 Å². The molecule has 0 saturated carbocycles. The highest BCUT2D eigenvalue weighted by molar-refractivity contribution is 8.25. The summed E-state index contributed by atoms with van der Waals surface area (Å²) in [7, 11) is -6.86. The maximum absolute atomic E-state index is 13.4. The third-order valence-electron chi connectivity index (χ3n) is 6.25. The molecule has 1 saturated heterocycles. The molecule has 1 unspecified atom stereocenters. The van der Waals surface area contributed by atoms with Crippen molar-refractivity contribution in [3.8, 4) is 0 Å². The second-order valence-corrected chi connectivity index (χ2v) is 12.7. The van der Waals surface area contributed by atoms with Crippen LogP contribution >= 0.6 is 10.6 Å². The SMILES string of the molecule is O=S(=O)(c1ccccc1)C1CS(O)(O)c2cccc(CNCCCN3CCCCC3)c21. The first-order valence-corrected chi connectivity index (χ1v) is 14.3. The lowest BCUT2D eigenvalue weighted by Gasteiger charge is -2.27. The molecule has 0 aliphatic carbocycles. The summed E-state index contributed by atoms with van der Waals surface area (Å²) in [6.45, 7) is 4.80. The predicted octanol–water partition coefficient (Wildman–Crippen LogP) is 4.29. The molecule has 6 nitrogen and oxygen atoms in total. The van der Waals surface area contributed by atoms with E-state index in [0.717, 1.165) is 25.1 Å². The van der Waals surface area contributed by atoms with Gasteiger partial charge in [-0.25, -0.2) is 8.42 Å². The van der Waals surface area contributed by atoms with Gasteiger partial charge in [-0.05, 0) is 74.8 Å². The molecule has 0 aromatic heterocycles. The molecular formula is C23H32N2O4S2. The average molecular weight is 465 g/mol. The van der Waals surface area contributed by atoms with Crippen molar-refractivity contribution in [2.45, 2.75) is 47.3 Å². The average Bonchev–Trinajstić information content (AvgIpc) is 3.07. The number of piperidine rings is 1. The standard InChI is InChI=1S/C23H32N2O4S2/c26-30(27)18-22(31(28,29)20-10-3-1-4-11-20)23-19(9-7-12-21(23)30)17-24-13-8-16-25-14-5-2-6-15-25/h1,3-4,7,9-12,22,24,26-27H,2,5-6,8,13-18H2. The predicted molar refractivity (Wildman–Crippen MR) is 125 cm³/mol. The first kappa shape index (κ1) is 22.8. The van der Waals surface area contributed by atoms with Crippen molar-refractivity contribution >= 4 is 20.4 Å². The fourth-order valence-electron chi connectivity index (χ4n) is 4.63. The van der Waals surface area contributed by atoms with Gasteiger partial charge in [0.25, 0.3) is 0 Å². The summed E-state index contributed by atoms with van der Waals surface area (Å²) < 4.78 is 48.0. The first-order chi connectivity index (χ1) is 14.9. The van der Waals surface area contributed by atoms with Crippen LogP contribution in [0.5, 0.6) is 0 Å². The zero-order valence-corrected chi connectivity index (χ0v) is 19.4. The third-order valence-corrected chi connectivity index (χ3v) is 10.4. The first-order valence-electron chi connectivity index (χ1n) is 11.0. The van der Waals surface area contributed by atoms with Crippen LogP contribution in [-0.2, 0) is 16.4 Å². The minimum absolute atomic E-state index is 0.175. The highest BCUT2D eigenvalue weighted by atomic mass is 32.3. The normalized spacial score (nSPS) is 22.2. The van der Waals surface area contributed by atoms with Gasteiger partial charge in [-0.1, -0.05) is 36.8 Å². The lowest BCUT2D eigenvalue weighted by molar-refractivity contribution is 0.225. The quantitative estimate of drug-likeness (QED) is 0.505. The molecule has 2 aliphatic heterocycles. The molecular weight excluding hydrogens is 432 g/mol. The summed E-state index contributed by atoms with van der Waals surface area (Å²) in [4.78, 5) is 3.10. The zero-order valence-electron chi connectivity index (χ0n) is 17.7. The Hall–Kier alpha value is -1.42. The Morgan fingerprint density at radius 2 is 1.74 bits per heavy atom. The molecule has 31 heavy (non-hydrogen) atoms. The molecule has 170 valence electrons. The van der Waals surface area contributed by atoms with Gasteiger partial charge in [0, 0.05) is 6.54 Å². The van der Waals surface area contributed by atoms with Crippen LogP contribution < -0.4 is 5.32 Å². The minimum Gasteiger partial charge on any atom is -0.313 e. The lowest BCUT2D eigenvalue weighted by atomic mass is 10.0. The topological polar surface area (TPSA) is 89.9 Å². The molecule has 2 aromatic rings. The van der Waals surface area contributed by atoms with Gasteiger partial charge in [-0.15, -0.1) is 0 Å². The Morgan fingerprint density at radius 1 is 1.00 bits per heavy atom. The maximum atomic E-state index is 13.4. The van der Waals surface area contributed by atoms with E-state index in [9.17, 15) is 17.5 Å². The maximum Gasteiger partial charge on any atom is 0.187 e. The number of nitrogens with zero attached hydrogens (tertiary/aromatic N) is 1. The minimum atomic E-state index is -3.73. The summed E-state index contributed by atoms with van der Waals surface area (Å²) in [5.41, 5.74) is 1.40. The van der Waals surface area contributed by atoms with Gasteiger partial charge >= 0.3 is 0 Å². The number of hydrogen-bond acceptors (Lipinski definition) is 6. The summed E-state index contributed by atoms with van der Waals surface area (Å²) in [6.07, 6.45) is 4.94. The van der Waals surface area contributed by atoms with Gasteiger partial charge < -0.3 is 10.2 Å². The molecule has 2 heterocycles. The molecule has 0 bridgehead atoms. The Morgan fingerprint density at radius 3 is 2.48 bits per heavy atom. The van der Waals surface area contributed by atoms with Gasteiger partial charge in [0.05, 0.1) is 15.5 Å². The van der Waals surface area contributed by atoms with E-state index >= 15 is 0 Å². The Balaban J connectivity index is 1.49. The monoisotopic (exact) mass is 464 g/mol. The number of rotatable bonds is 8. The molecule has 2 aliphatic rings. The summed E-state index contributed by atoms with van der Waals surface area (Å²) >= 11 is 0. The third kappa shape index (κ3) is 4.99. The number of hydrogen-bond donors (Lipinski definition) is 3. The molecule has 0 amide bonds. The summed E-state index contributed by atoms with van der Waals surface area (Å²) in [6, 6.07) is 13.6. The smallest absolute Gasteiger partial charge is 0.187 e. The van der Waals surface area contributed by atoms with Gasteiger partial charge in [-0.3, -0.25) is 9.11 Å². The van der Waals surface area contributed by atoms with Crippen molar-refractivity contribution in [1.82, 2.24) is 10.2 Å². The Bertz CT molecular complexity index is 990. The van der Waals surface area contributed by atoms with Crippen LogP contribution in [0.15, 0.2) is 58.3 Å². The van der Waals surface area contributed by atoms with Crippen LogP contribution in [-0.4, -0.2) is 54.4 Å². The van der Waals surface area contributed by atoms with Gasteiger partial charge in [0.2, 0.25) is 0 Å². The van der Waals surface area contributed by atoms with Crippen LogP contribution in [0.2, 0.25) is 0 Å². The van der Waals surface area contributed by atoms with Crippen molar-refractivity contribution in [3.05, 3.63) is 59.7 Å². The number of sulfone groups is 1. The second kappa shape index (κ2) is 9.60. The van der Waals surface area contributed by atoms with Crippen LogP contribution in [0.25, 0.3) is 0 Å². The molecule has 0 radical (unpaired) electrons. The summed E-state index contributed by atoms with van der Waals surface area (Å²) in [5, 5.41) is 2.49. The van der Waals surface area contributed by atoms with E-state index in [2.05, 4.69) is 10.2 Å². The highest BCUT2D eigenvalue weighted by Gasteiger charge is 2.44.